The summed E-state index contributed by atoms with van der Waals surface area (Å²) in [5.41, 5.74) is 1.60. The highest BCUT2D eigenvalue weighted by molar-refractivity contribution is 9.10. The van der Waals surface area contributed by atoms with Crippen molar-refractivity contribution >= 4 is 26.9 Å². The van der Waals surface area contributed by atoms with E-state index in [1.54, 1.807) is 30.3 Å². The second kappa shape index (κ2) is 6.16. The van der Waals surface area contributed by atoms with E-state index in [0.717, 1.165) is 15.5 Å². The minimum absolute atomic E-state index is 0.288. The van der Waals surface area contributed by atoms with E-state index in [0.29, 0.717) is 17.0 Å². The quantitative estimate of drug-likeness (QED) is 0.690. The molecule has 4 nitrogen and oxygen atoms in total. The van der Waals surface area contributed by atoms with E-state index >= 15 is 0 Å². The Balaban J connectivity index is 2.20. The molecule has 0 aliphatic heterocycles. The highest BCUT2D eigenvalue weighted by atomic mass is 79.9. The summed E-state index contributed by atoms with van der Waals surface area (Å²) in [5, 5.41) is 0.366. The number of aromatic nitrogens is 1. The van der Waals surface area contributed by atoms with Gasteiger partial charge in [0.2, 0.25) is 0 Å². The largest absolute Gasteiger partial charge is 0.426 e. The molecule has 0 fully saturated rings. The number of hydrogen-bond acceptors (Lipinski definition) is 3. The number of halogens is 1. The lowest BCUT2D eigenvalue weighted by molar-refractivity contribution is 0.504. The Bertz CT molecular complexity index is 970. The molecule has 5 heteroatoms. The van der Waals surface area contributed by atoms with Gasteiger partial charge >= 0.3 is 5.76 Å². The molecule has 0 aliphatic carbocycles. The summed E-state index contributed by atoms with van der Waals surface area (Å²) in [6.07, 6.45) is 1.03. The summed E-state index contributed by atoms with van der Waals surface area (Å²) >= 11 is 3.33. The molecule has 0 spiro atoms. The van der Waals surface area contributed by atoms with Gasteiger partial charge in [-0.05, 0) is 48.2 Å². The van der Waals surface area contributed by atoms with E-state index in [-0.39, 0.29) is 11.1 Å². The first-order valence-corrected chi connectivity index (χ1v) is 8.26. The zero-order valence-electron chi connectivity index (χ0n) is 12.9. The number of nitrogens with zero attached hydrogens (tertiary/aromatic N) is 1. The van der Waals surface area contributed by atoms with Crippen LogP contribution in [0.3, 0.4) is 0 Å². The lowest BCUT2D eigenvalue weighted by Gasteiger charge is -2.10. The highest BCUT2D eigenvalue weighted by Gasteiger charge is 2.12. The Morgan fingerprint density at radius 3 is 2.48 bits per heavy atom. The average Bonchev–Trinajstić information content (AvgIpc) is 2.55. The fourth-order valence-electron chi connectivity index (χ4n) is 2.51. The minimum Gasteiger partial charge on any atom is -0.409 e. The standard InChI is InChI=1S/C18H16BrNO3/c1-3-11(2)12-4-7-14(8-5-12)20-17(21)15-10-13(19)6-9-16(15)23-18(20)22/h4-11H,3H2,1-2H3. The second-order valence-electron chi connectivity index (χ2n) is 5.55. The molecule has 0 aliphatic rings. The third-order valence-electron chi connectivity index (χ3n) is 4.09. The van der Waals surface area contributed by atoms with E-state index in [4.69, 9.17) is 4.42 Å². The molecule has 118 valence electrons. The molecule has 0 saturated carbocycles. The van der Waals surface area contributed by atoms with Crippen LogP contribution in [0.15, 0.2) is 60.9 Å². The van der Waals surface area contributed by atoms with Gasteiger partial charge in [0.05, 0.1) is 11.1 Å². The van der Waals surface area contributed by atoms with Crippen LogP contribution in [0.4, 0.5) is 0 Å². The maximum absolute atomic E-state index is 12.7. The van der Waals surface area contributed by atoms with Gasteiger partial charge in [0.1, 0.15) is 5.58 Å². The van der Waals surface area contributed by atoms with Gasteiger partial charge < -0.3 is 4.42 Å². The normalized spacial score (nSPS) is 12.5. The van der Waals surface area contributed by atoms with Gasteiger partial charge in [0, 0.05) is 4.47 Å². The Kier molecular flexibility index (Phi) is 4.22. The van der Waals surface area contributed by atoms with Crippen molar-refractivity contribution in [2.24, 2.45) is 0 Å². The van der Waals surface area contributed by atoms with Gasteiger partial charge in [-0.3, -0.25) is 4.79 Å². The monoisotopic (exact) mass is 373 g/mol. The van der Waals surface area contributed by atoms with Crippen molar-refractivity contribution < 1.29 is 4.42 Å². The maximum atomic E-state index is 12.7. The summed E-state index contributed by atoms with van der Waals surface area (Å²) in [6, 6.07) is 12.5. The lowest BCUT2D eigenvalue weighted by Crippen LogP contribution is -2.30. The number of benzene rings is 2. The Morgan fingerprint density at radius 1 is 1.13 bits per heavy atom. The molecule has 0 bridgehead atoms. The van der Waals surface area contributed by atoms with E-state index in [9.17, 15) is 9.59 Å². The maximum Gasteiger partial charge on any atom is 0.426 e. The first kappa shape index (κ1) is 15.7. The summed E-state index contributed by atoms with van der Waals surface area (Å²) in [4.78, 5) is 24.9. The van der Waals surface area contributed by atoms with Gasteiger partial charge in [-0.1, -0.05) is 41.9 Å². The zero-order chi connectivity index (χ0) is 16.6. The average molecular weight is 374 g/mol. The molecular formula is C18H16BrNO3. The fourth-order valence-corrected chi connectivity index (χ4v) is 2.87. The third kappa shape index (κ3) is 2.88. The van der Waals surface area contributed by atoms with Gasteiger partial charge in [0.25, 0.3) is 5.56 Å². The Hall–Kier alpha value is -2.14. The molecule has 23 heavy (non-hydrogen) atoms. The molecule has 2 aromatic carbocycles. The Labute approximate surface area is 141 Å². The van der Waals surface area contributed by atoms with E-state index in [1.165, 1.54) is 5.56 Å². The molecule has 0 amide bonds. The molecule has 3 aromatic rings. The summed E-state index contributed by atoms with van der Waals surface area (Å²) in [7, 11) is 0. The minimum atomic E-state index is -0.680. The molecule has 0 saturated heterocycles. The second-order valence-corrected chi connectivity index (χ2v) is 6.47. The van der Waals surface area contributed by atoms with Crippen molar-refractivity contribution in [2.75, 3.05) is 0 Å². The molecule has 0 N–H and O–H groups in total. The van der Waals surface area contributed by atoms with Crippen LogP contribution in [0.5, 0.6) is 0 Å². The molecule has 0 radical (unpaired) electrons. The molecule has 1 atom stereocenters. The van der Waals surface area contributed by atoms with Crippen LogP contribution in [0.25, 0.3) is 16.7 Å². The first-order chi connectivity index (χ1) is 11.0. The molecule has 1 aromatic heterocycles. The van der Waals surface area contributed by atoms with Crippen LogP contribution in [0.2, 0.25) is 0 Å². The van der Waals surface area contributed by atoms with Gasteiger partial charge in [-0.2, -0.15) is 0 Å². The summed E-state index contributed by atoms with van der Waals surface area (Å²) < 4.78 is 7.09. The SMILES string of the molecule is CCC(C)c1ccc(-n2c(=O)oc3ccc(Br)cc3c2=O)cc1. The smallest absolute Gasteiger partial charge is 0.409 e. The molecule has 3 rings (SSSR count). The van der Waals surface area contributed by atoms with Crippen LogP contribution >= 0.6 is 15.9 Å². The van der Waals surface area contributed by atoms with Gasteiger partial charge in [-0.25, -0.2) is 9.36 Å². The first-order valence-electron chi connectivity index (χ1n) is 7.47. The molecular weight excluding hydrogens is 358 g/mol. The van der Waals surface area contributed by atoms with E-state index < -0.39 is 5.76 Å². The van der Waals surface area contributed by atoms with Gasteiger partial charge in [0.15, 0.2) is 0 Å². The molecule has 1 unspecified atom stereocenters. The van der Waals surface area contributed by atoms with Crippen molar-refractivity contribution in [3.63, 3.8) is 0 Å². The summed E-state index contributed by atoms with van der Waals surface area (Å²) in [5.74, 6) is -0.245. The summed E-state index contributed by atoms with van der Waals surface area (Å²) in [6.45, 7) is 4.27. The van der Waals surface area contributed by atoms with Crippen molar-refractivity contribution in [3.8, 4) is 5.69 Å². The highest BCUT2D eigenvalue weighted by Crippen LogP contribution is 2.20. The third-order valence-corrected chi connectivity index (χ3v) is 4.58. The molecule has 1 heterocycles. The number of hydrogen-bond donors (Lipinski definition) is 0. The predicted octanol–water partition coefficient (Wildman–Crippen LogP) is 4.22. The van der Waals surface area contributed by atoms with Crippen molar-refractivity contribution in [1.82, 2.24) is 4.57 Å². The van der Waals surface area contributed by atoms with Crippen LogP contribution in [-0.4, -0.2) is 4.57 Å². The Morgan fingerprint density at radius 2 is 1.83 bits per heavy atom. The van der Waals surface area contributed by atoms with Crippen LogP contribution in [0.1, 0.15) is 31.7 Å². The topological polar surface area (TPSA) is 52.2 Å². The lowest BCUT2D eigenvalue weighted by atomic mass is 9.98. The van der Waals surface area contributed by atoms with Crippen molar-refractivity contribution in [1.29, 1.82) is 0 Å². The zero-order valence-corrected chi connectivity index (χ0v) is 14.5. The predicted molar refractivity (Wildman–Crippen MR) is 94.5 cm³/mol. The number of fused-ring (bicyclic) bond motifs is 1. The van der Waals surface area contributed by atoms with Crippen LogP contribution in [0, 0.1) is 0 Å². The van der Waals surface area contributed by atoms with E-state index in [2.05, 4.69) is 29.8 Å². The van der Waals surface area contributed by atoms with Crippen molar-refractivity contribution in [3.05, 3.63) is 73.4 Å². The van der Waals surface area contributed by atoms with E-state index in [1.807, 2.05) is 12.1 Å². The van der Waals surface area contributed by atoms with Crippen LogP contribution < -0.4 is 11.3 Å². The van der Waals surface area contributed by atoms with Gasteiger partial charge in [-0.15, -0.1) is 0 Å². The fraction of sp³-hybridized carbons (Fsp3) is 0.222. The van der Waals surface area contributed by atoms with Crippen LogP contribution in [-0.2, 0) is 0 Å². The van der Waals surface area contributed by atoms with Crippen molar-refractivity contribution in [2.45, 2.75) is 26.2 Å². The number of rotatable bonds is 3.